The van der Waals surface area contributed by atoms with Crippen molar-refractivity contribution in [2.24, 2.45) is 11.8 Å². The summed E-state index contributed by atoms with van der Waals surface area (Å²) in [6, 6.07) is -0.177. The summed E-state index contributed by atoms with van der Waals surface area (Å²) in [6.07, 6.45) is 7.11. The molecule has 3 unspecified atom stereocenters. The quantitative estimate of drug-likeness (QED) is 0.668. The van der Waals surface area contributed by atoms with Crippen LogP contribution in [0.15, 0.2) is 0 Å². The normalized spacial score (nSPS) is 30.7. The summed E-state index contributed by atoms with van der Waals surface area (Å²) in [5, 5.41) is 15.6. The molecule has 114 valence electrons. The van der Waals surface area contributed by atoms with Gasteiger partial charge in [0.15, 0.2) is 0 Å². The Bertz CT molecular complexity index is 340. The van der Waals surface area contributed by atoms with Gasteiger partial charge in [0.05, 0.1) is 5.92 Å². The number of rotatable bonds is 5. The molecular weight excluding hydrogens is 256 g/mol. The van der Waals surface area contributed by atoms with E-state index >= 15 is 0 Å². The smallest absolute Gasteiger partial charge is 0.308 e. The van der Waals surface area contributed by atoms with Gasteiger partial charge in [-0.05, 0) is 44.7 Å². The molecule has 5 heteroatoms. The highest BCUT2D eigenvalue weighted by Crippen LogP contribution is 2.24. The largest absolute Gasteiger partial charge is 0.481 e. The first-order valence-corrected chi connectivity index (χ1v) is 7.89. The molecule has 0 aromatic heterocycles. The van der Waals surface area contributed by atoms with Crippen molar-refractivity contribution in [3.8, 4) is 0 Å². The minimum atomic E-state index is -0.766. The Hall–Kier alpha value is -1.10. The number of amides is 1. The molecule has 2 rings (SSSR count). The van der Waals surface area contributed by atoms with E-state index in [1.165, 1.54) is 0 Å². The number of carbonyl (C=O) groups is 2. The van der Waals surface area contributed by atoms with Crippen molar-refractivity contribution in [2.45, 2.75) is 57.4 Å². The lowest BCUT2D eigenvalue weighted by Gasteiger charge is -2.23. The predicted molar refractivity (Wildman–Crippen MR) is 76.4 cm³/mol. The number of nitrogens with one attached hydrogen (secondary N) is 2. The third-order valence-electron chi connectivity index (χ3n) is 4.62. The fraction of sp³-hybridized carbons (Fsp3) is 0.867. The van der Waals surface area contributed by atoms with Crippen molar-refractivity contribution in [2.75, 3.05) is 13.1 Å². The molecule has 0 aromatic rings. The van der Waals surface area contributed by atoms with Gasteiger partial charge in [0, 0.05) is 12.5 Å². The zero-order valence-corrected chi connectivity index (χ0v) is 12.1. The number of hydrogen-bond donors (Lipinski definition) is 3. The van der Waals surface area contributed by atoms with Crippen molar-refractivity contribution in [1.82, 2.24) is 10.6 Å². The monoisotopic (exact) mass is 282 g/mol. The maximum absolute atomic E-state index is 12.0. The van der Waals surface area contributed by atoms with Gasteiger partial charge in [-0.15, -0.1) is 0 Å². The lowest BCUT2D eigenvalue weighted by Crippen LogP contribution is -2.42. The van der Waals surface area contributed by atoms with E-state index in [4.69, 9.17) is 0 Å². The molecule has 0 bridgehead atoms. The third kappa shape index (κ3) is 4.47. The second-order valence-electron chi connectivity index (χ2n) is 6.15. The molecule has 3 N–H and O–H groups in total. The summed E-state index contributed by atoms with van der Waals surface area (Å²) < 4.78 is 0. The fourth-order valence-corrected chi connectivity index (χ4v) is 3.35. The molecule has 1 heterocycles. The van der Waals surface area contributed by atoms with Gasteiger partial charge >= 0.3 is 5.97 Å². The van der Waals surface area contributed by atoms with E-state index in [-0.39, 0.29) is 11.9 Å². The highest BCUT2D eigenvalue weighted by molar-refractivity contribution is 5.78. The first kappa shape index (κ1) is 15.3. The Morgan fingerprint density at radius 3 is 2.65 bits per heavy atom. The zero-order chi connectivity index (χ0) is 14.4. The van der Waals surface area contributed by atoms with Gasteiger partial charge in [-0.1, -0.05) is 19.3 Å². The van der Waals surface area contributed by atoms with Crippen molar-refractivity contribution in [1.29, 1.82) is 0 Å². The van der Waals surface area contributed by atoms with Crippen LogP contribution in [0.4, 0.5) is 0 Å². The molecule has 3 atom stereocenters. The Balaban J connectivity index is 1.79. The van der Waals surface area contributed by atoms with Gasteiger partial charge in [-0.2, -0.15) is 0 Å². The fourth-order valence-electron chi connectivity index (χ4n) is 3.35. The molecular formula is C15H26N2O3. The Labute approximate surface area is 120 Å². The summed E-state index contributed by atoms with van der Waals surface area (Å²) in [6.45, 7) is 2.06. The standard InChI is InChI=1S/C15H26N2O3/c18-14(7-6-11-8-9-16-10-11)17-13-5-3-1-2-4-12(13)15(19)20/h11-13,16H,1-10H2,(H,17,18)(H,19,20). The molecule has 0 radical (unpaired) electrons. The molecule has 1 amide bonds. The van der Waals surface area contributed by atoms with E-state index in [1.807, 2.05) is 0 Å². The van der Waals surface area contributed by atoms with Crippen molar-refractivity contribution >= 4 is 11.9 Å². The third-order valence-corrected chi connectivity index (χ3v) is 4.62. The van der Waals surface area contributed by atoms with Crippen LogP contribution in [0.3, 0.4) is 0 Å². The number of carbonyl (C=O) groups excluding carboxylic acids is 1. The van der Waals surface area contributed by atoms with Crippen LogP contribution < -0.4 is 10.6 Å². The molecule has 0 spiro atoms. The number of aliphatic carboxylic acids is 1. The van der Waals surface area contributed by atoms with E-state index in [2.05, 4.69) is 10.6 Å². The highest BCUT2D eigenvalue weighted by atomic mass is 16.4. The summed E-state index contributed by atoms with van der Waals surface area (Å²) in [4.78, 5) is 23.3. The summed E-state index contributed by atoms with van der Waals surface area (Å²) in [7, 11) is 0. The molecule has 20 heavy (non-hydrogen) atoms. The van der Waals surface area contributed by atoms with Gasteiger partial charge in [0.2, 0.25) is 5.91 Å². The molecule has 1 saturated carbocycles. The lowest BCUT2D eigenvalue weighted by molar-refractivity contribution is -0.143. The van der Waals surface area contributed by atoms with Crippen LogP contribution in [-0.4, -0.2) is 36.1 Å². The minimum Gasteiger partial charge on any atom is -0.481 e. The maximum atomic E-state index is 12.0. The van der Waals surface area contributed by atoms with Gasteiger partial charge in [-0.25, -0.2) is 0 Å². The summed E-state index contributed by atoms with van der Waals surface area (Å²) in [5.74, 6) is -0.549. The number of carboxylic acid groups (broad SMARTS) is 1. The van der Waals surface area contributed by atoms with E-state index in [9.17, 15) is 14.7 Å². The average Bonchev–Trinajstić information content (AvgIpc) is 2.82. The van der Waals surface area contributed by atoms with Crippen molar-refractivity contribution < 1.29 is 14.7 Å². The molecule has 1 saturated heterocycles. The second-order valence-corrected chi connectivity index (χ2v) is 6.15. The van der Waals surface area contributed by atoms with E-state index in [0.717, 1.165) is 51.6 Å². The van der Waals surface area contributed by atoms with Crippen molar-refractivity contribution in [3.05, 3.63) is 0 Å². The van der Waals surface area contributed by atoms with Crippen molar-refractivity contribution in [3.63, 3.8) is 0 Å². The van der Waals surface area contributed by atoms with Crippen LogP contribution in [0.1, 0.15) is 51.4 Å². The Morgan fingerprint density at radius 2 is 1.95 bits per heavy atom. The van der Waals surface area contributed by atoms with Gasteiger partial charge < -0.3 is 15.7 Å². The van der Waals surface area contributed by atoms with Gasteiger partial charge in [-0.3, -0.25) is 9.59 Å². The Kier molecular flexibility index (Phi) is 5.83. The molecule has 0 aromatic carbocycles. The van der Waals surface area contributed by atoms with Gasteiger partial charge in [0.25, 0.3) is 0 Å². The first-order valence-electron chi connectivity index (χ1n) is 7.89. The highest BCUT2D eigenvalue weighted by Gasteiger charge is 2.30. The topological polar surface area (TPSA) is 78.4 Å². The van der Waals surface area contributed by atoms with Crippen LogP contribution in [0.25, 0.3) is 0 Å². The summed E-state index contributed by atoms with van der Waals surface area (Å²) in [5.41, 5.74) is 0. The average molecular weight is 282 g/mol. The second kappa shape index (κ2) is 7.62. The van der Waals surface area contributed by atoms with E-state index < -0.39 is 11.9 Å². The van der Waals surface area contributed by atoms with E-state index in [0.29, 0.717) is 18.8 Å². The SMILES string of the molecule is O=C(CCC1CCNC1)NC1CCCCCC1C(=O)O. The maximum Gasteiger partial charge on any atom is 0.308 e. The van der Waals surface area contributed by atoms with Crippen LogP contribution in [0, 0.1) is 11.8 Å². The lowest BCUT2D eigenvalue weighted by atomic mass is 9.94. The van der Waals surface area contributed by atoms with Crippen LogP contribution in [0.5, 0.6) is 0 Å². The molecule has 1 aliphatic carbocycles. The number of hydrogen-bond acceptors (Lipinski definition) is 3. The molecule has 2 aliphatic rings. The van der Waals surface area contributed by atoms with Crippen LogP contribution in [0.2, 0.25) is 0 Å². The minimum absolute atomic E-state index is 0.0232. The molecule has 2 fully saturated rings. The predicted octanol–water partition coefficient (Wildman–Crippen LogP) is 1.53. The zero-order valence-electron chi connectivity index (χ0n) is 12.1. The van der Waals surface area contributed by atoms with Gasteiger partial charge in [0.1, 0.15) is 0 Å². The van der Waals surface area contributed by atoms with Crippen LogP contribution in [-0.2, 0) is 9.59 Å². The Morgan fingerprint density at radius 1 is 1.15 bits per heavy atom. The van der Waals surface area contributed by atoms with E-state index in [1.54, 1.807) is 0 Å². The number of carboxylic acids is 1. The van der Waals surface area contributed by atoms with Crippen LogP contribution >= 0.6 is 0 Å². The summed E-state index contributed by atoms with van der Waals surface area (Å²) >= 11 is 0. The molecule has 1 aliphatic heterocycles. The molecule has 5 nitrogen and oxygen atoms in total. The first-order chi connectivity index (χ1) is 9.66.